The van der Waals surface area contributed by atoms with E-state index >= 15 is 0 Å². The minimum atomic E-state index is -0.575. The van der Waals surface area contributed by atoms with Gasteiger partial charge >= 0.3 is 0 Å². The molecule has 0 radical (unpaired) electrons. The van der Waals surface area contributed by atoms with Crippen LogP contribution in [0.15, 0.2) is 0 Å². The molecule has 5 nitrogen and oxygen atoms in total. The summed E-state index contributed by atoms with van der Waals surface area (Å²) >= 11 is 0. The molecule has 0 spiro atoms. The summed E-state index contributed by atoms with van der Waals surface area (Å²) in [6, 6.07) is 0. The topological polar surface area (TPSA) is 84.2 Å². The van der Waals surface area contributed by atoms with Crippen LogP contribution in [0.2, 0.25) is 0 Å². The van der Waals surface area contributed by atoms with Gasteiger partial charge in [0.2, 0.25) is 11.8 Å². The normalized spacial score (nSPS) is 18.9. The number of nitrogens with one attached hydrogen (secondary N) is 2. The van der Waals surface area contributed by atoms with Gasteiger partial charge in [-0.2, -0.15) is 0 Å². The Labute approximate surface area is 115 Å². The van der Waals surface area contributed by atoms with E-state index in [1.54, 1.807) is 0 Å². The van der Waals surface area contributed by atoms with Crippen molar-refractivity contribution in [3.8, 4) is 0 Å². The highest BCUT2D eigenvalue weighted by molar-refractivity contribution is 5.84. The van der Waals surface area contributed by atoms with E-state index < -0.39 is 5.54 Å². The number of hydrogen-bond donors (Lipinski definition) is 3. The number of hydrogen-bond acceptors (Lipinski definition) is 3. The van der Waals surface area contributed by atoms with Crippen LogP contribution in [0.4, 0.5) is 0 Å². The van der Waals surface area contributed by atoms with Crippen molar-refractivity contribution >= 4 is 11.8 Å². The maximum Gasteiger partial charge on any atom is 0.226 e. The minimum absolute atomic E-state index is 0.0714. The van der Waals surface area contributed by atoms with E-state index in [9.17, 15) is 9.59 Å². The summed E-state index contributed by atoms with van der Waals surface area (Å²) in [4.78, 5) is 23.7. The number of rotatable bonds is 6. The summed E-state index contributed by atoms with van der Waals surface area (Å²) < 4.78 is 0. The minimum Gasteiger partial charge on any atom is -0.370 e. The monoisotopic (exact) mass is 269 g/mol. The molecule has 5 heteroatoms. The fourth-order valence-corrected chi connectivity index (χ4v) is 2.89. The molecule has 1 aliphatic heterocycles. The van der Waals surface area contributed by atoms with Gasteiger partial charge in [-0.1, -0.05) is 13.3 Å². The van der Waals surface area contributed by atoms with Crippen molar-refractivity contribution in [2.75, 3.05) is 13.1 Å². The molecule has 1 rings (SSSR count). The summed E-state index contributed by atoms with van der Waals surface area (Å²) in [5.41, 5.74) is 4.37. The number of carbonyl (C=O) groups is 2. The average molecular weight is 269 g/mol. The zero-order valence-corrected chi connectivity index (χ0v) is 12.3. The molecular formula is C14H27N3O2. The molecule has 0 saturated carbocycles. The van der Waals surface area contributed by atoms with Gasteiger partial charge in [0.15, 0.2) is 0 Å². The van der Waals surface area contributed by atoms with Crippen molar-refractivity contribution in [2.45, 2.75) is 58.4 Å². The molecule has 0 aliphatic carbocycles. The highest BCUT2D eigenvalue weighted by Gasteiger charge is 2.40. The third-order valence-corrected chi connectivity index (χ3v) is 3.84. The Kier molecular flexibility index (Phi) is 5.35. The zero-order valence-electron chi connectivity index (χ0n) is 12.3. The van der Waals surface area contributed by atoms with Crippen LogP contribution in [0, 0.1) is 5.41 Å². The Morgan fingerprint density at radius 1 is 1.32 bits per heavy atom. The van der Waals surface area contributed by atoms with Crippen LogP contribution in [0.1, 0.15) is 52.9 Å². The molecule has 0 aromatic rings. The maximum absolute atomic E-state index is 12.6. The van der Waals surface area contributed by atoms with Crippen LogP contribution in [0.5, 0.6) is 0 Å². The van der Waals surface area contributed by atoms with Crippen LogP contribution >= 0.6 is 0 Å². The third kappa shape index (κ3) is 4.49. The van der Waals surface area contributed by atoms with Crippen molar-refractivity contribution in [1.82, 2.24) is 10.6 Å². The second-order valence-corrected chi connectivity index (χ2v) is 6.26. The molecule has 0 atom stereocenters. The Morgan fingerprint density at radius 3 is 2.37 bits per heavy atom. The van der Waals surface area contributed by atoms with Gasteiger partial charge in [0.05, 0.1) is 5.41 Å². The van der Waals surface area contributed by atoms with E-state index in [1.165, 1.54) is 0 Å². The Bertz CT molecular complexity index is 328. The maximum atomic E-state index is 12.6. The van der Waals surface area contributed by atoms with Gasteiger partial charge in [0.25, 0.3) is 0 Å². The lowest BCUT2D eigenvalue weighted by Crippen LogP contribution is -2.54. The van der Waals surface area contributed by atoms with Crippen molar-refractivity contribution in [2.24, 2.45) is 11.1 Å². The fraction of sp³-hybridized carbons (Fsp3) is 0.857. The van der Waals surface area contributed by atoms with Gasteiger partial charge < -0.3 is 16.4 Å². The molecular weight excluding hydrogens is 242 g/mol. The second kappa shape index (κ2) is 6.37. The molecule has 0 aromatic carbocycles. The molecule has 2 amide bonds. The quantitative estimate of drug-likeness (QED) is 0.670. The summed E-state index contributed by atoms with van der Waals surface area (Å²) in [6.07, 6.45) is 3.77. The lowest BCUT2D eigenvalue weighted by molar-refractivity contribution is -0.135. The van der Waals surface area contributed by atoms with E-state index in [-0.39, 0.29) is 23.7 Å². The summed E-state index contributed by atoms with van der Waals surface area (Å²) in [7, 11) is 0. The first-order valence-electron chi connectivity index (χ1n) is 7.13. The van der Waals surface area contributed by atoms with Crippen molar-refractivity contribution in [3.63, 3.8) is 0 Å². The Hall–Kier alpha value is -1.10. The van der Waals surface area contributed by atoms with Crippen molar-refractivity contribution < 1.29 is 9.59 Å². The van der Waals surface area contributed by atoms with Crippen LogP contribution < -0.4 is 16.4 Å². The number of carbonyl (C=O) groups excluding carboxylic acids is 2. The third-order valence-electron chi connectivity index (χ3n) is 3.84. The molecule has 4 N–H and O–H groups in total. The van der Waals surface area contributed by atoms with E-state index in [2.05, 4.69) is 17.6 Å². The zero-order chi connectivity index (χ0) is 14.5. The largest absolute Gasteiger partial charge is 0.370 e. The molecule has 1 aliphatic rings. The molecule has 0 unspecified atom stereocenters. The Balaban J connectivity index is 2.74. The SMILES string of the molecule is CCCC1(C(=O)NC(C)(C)CC(N)=O)CCNCC1. The molecule has 0 aromatic heterocycles. The highest BCUT2D eigenvalue weighted by atomic mass is 16.2. The first kappa shape index (κ1) is 16.0. The van der Waals surface area contributed by atoms with Crippen molar-refractivity contribution in [1.29, 1.82) is 0 Å². The Morgan fingerprint density at radius 2 is 1.89 bits per heavy atom. The molecule has 1 fully saturated rings. The molecule has 1 heterocycles. The number of nitrogens with two attached hydrogens (primary N) is 1. The van der Waals surface area contributed by atoms with Gasteiger partial charge in [0.1, 0.15) is 0 Å². The van der Waals surface area contributed by atoms with E-state index in [1.807, 2.05) is 13.8 Å². The number of primary amides is 1. The predicted molar refractivity (Wildman–Crippen MR) is 75.5 cm³/mol. The number of amides is 2. The van der Waals surface area contributed by atoms with Crippen LogP contribution in [-0.4, -0.2) is 30.4 Å². The summed E-state index contributed by atoms with van der Waals surface area (Å²) in [5, 5.41) is 6.31. The van der Waals surface area contributed by atoms with Gasteiger partial charge in [-0.05, 0) is 46.2 Å². The first-order valence-corrected chi connectivity index (χ1v) is 7.13. The summed E-state index contributed by atoms with van der Waals surface area (Å²) in [6.45, 7) is 7.55. The van der Waals surface area contributed by atoms with E-state index in [4.69, 9.17) is 5.73 Å². The lowest BCUT2D eigenvalue weighted by atomic mass is 9.74. The highest BCUT2D eigenvalue weighted by Crippen LogP contribution is 2.35. The van der Waals surface area contributed by atoms with Crippen LogP contribution in [0.3, 0.4) is 0 Å². The lowest BCUT2D eigenvalue weighted by Gasteiger charge is -2.39. The number of piperidine rings is 1. The molecule has 1 saturated heterocycles. The van der Waals surface area contributed by atoms with Crippen LogP contribution in [0.25, 0.3) is 0 Å². The fourth-order valence-electron chi connectivity index (χ4n) is 2.89. The summed E-state index contributed by atoms with van der Waals surface area (Å²) in [5.74, 6) is -0.317. The van der Waals surface area contributed by atoms with Crippen molar-refractivity contribution in [3.05, 3.63) is 0 Å². The van der Waals surface area contributed by atoms with E-state index in [0.29, 0.717) is 0 Å². The van der Waals surface area contributed by atoms with Gasteiger partial charge in [0, 0.05) is 12.0 Å². The molecule has 110 valence electrons. The smallest absolute Gasteiger partial charge is 0.226 e. The van der Waals surface area contributed by atoms with Crippen LogP contribution in [-0.2, 0) is 9.59 Å². The van der Waals surface area contributed by atoms with E-state index in [0.717, 1.165) is 38.8 Å². The van der Waals surface area contributed by atoms with Gasteiger partial charge in [-0.3, -0.25) is 9.59 Å². The molecule has 19 heavy (non-hydrogen) atoms. The predicted octanol–water partition coefficient (Wildman–Crippen LogP) is 0.927. The van der Waals surface area contributed by atoms with Gasteiger partial charge in [-0.15, -0.1) is 0 Å². The molecule has 0 bridgehead atoms. The standard InChI is InChI=1S/C14H27N3O2/c1-4-5-14(6-8-16-9-7-14)12(19)17-13(2,3)10-11(15)18/h16H,4-10H2,1-3H3,(H2,15,18)(H,17,19). The van der Waals surface area contributed by atoms with Gasteiger partial charge in [-0.25, -0.2) is 0 Å². The second-order valence-electron chi connectivity index (χ2n) is 6.26. The first-order chi connectivity index (χ1) is 8.81. The average Bonchev–Trinajstić information content (AvgIpc) is 2.28.